The Bertz CT molecular complexity index is 759. The van der Waals surface area contributed by atoms with Crippen molar-refractivity contribution in [3.05, 3.63) is 72.6 Å². The number of hydrogen-bond acceptors (Lipinski definition) is 2. The second-order valence-corrected chi connectivity index (χ2v) is 5.90. The molecule has 1 aliphatic rings. The van der Waals surface area contributed by atoms with Crippen molar-refractivity contribution >= 4 is 5.57 Å². The summed E-state index contributed by atoms with van der Waals surface area (Å²) in [6.45, 7) is 0. The van der Waals surface area contributed by atoms with Gasteiger partial charge in [0.25, 0.3) is 0 Å². The Morgan fingerprint density at radius 3 is 2.13 bits per heavy atom. The van der Waals surface area contributed by atoms with Crippen LogP contribution in [0.3, 0.4) is 0 Å². The molecule has 4 rings (SSSR count). The molecule has 3 aromatic rings. The van der Waals surface area contributed by atoms with Crippen molar-refractivity contribution in [3.63, 3.8) is 0 Å². The van der Waals surface area contributed by atoms with E-state index >= 15 is 0 Å². The molecule has 23 heavy (non-hydrogen) atoms. The molecule has 2 aromatic carbocycles. The van der Waals surface area contributed by atoms with E-state index in [-0.39, 0.29) is 0 Å². The number of aromatic nitrogens is 1. The van der Waals surface area contributed by atoms with Crippen LogP contribution in [0.2, 0.25) is 0 Å². The Labute approximate surface area is 136 Å². The van der Waals surface area contributed by atoms with E-state index in [4.69, 9.17) is 9.40 Å². The first-order valence-electron chi connectivity index (χ1n) is 8.23. The first-order valence-corrected chi connectivity index (χ1v) is 8.23. The molecule has 0 fully saturated rings. The average Bonchev–Trinajstić information content (AvgIpc) is 3.09. The third kappa shape index (κ3) is 2.85. The van der Waals surface area contributed by atoms with Gasteiger partial charge in [0.05, 0.1) is 0 Å². The van der Waals surface area contributed by atoms with Gasteiger partial charge in [-0.2, -0.15) is 0 Å². The lowest BCUT2D eigenvalue weighted by molar-refractivity contribution is 0.547. The van der Waals surface area contributed by atoms with Crippen LogP contribution < -0.4 is 0 Å². The highest BCUT2D eigenvalue weighted by molar-refractivity contribution is 5.78. The van der Waals surface area contributed by atoms with Crippen LogP contribution in [0.5, 0.6) is 0 Å². The number of hydrogen-bond donors (Lipinski definition) is 0. The fourth-order valence-electron chi connectivity index (χ4n) is 3.07. The van der Waals surface area contributed by atoms with E-state index in [1.807, 2.05) is 36.4 Å². The zero-order valence-electron chi connectivity index (χ0n) is 13.0. The van der Waals surface area contributed by atoms with Crippen LogP contribution in [-0.4, -0.2) is 4.98 Å². The number of rotatable bonds is 3. The molecule has 0 spiro atoms. The second kappa shape index (κ2) is 6.25. The summed E-state index contributed by atoms with van der Waals surface area (Å²) in [6, 6.07) is 20.5. The van der Waals surface area contributed by atoms with Crippen LogP contribution in [0, 0.1) is 0 Å². The number of allylic oxidation sites excluding steroid dienone is 2. The van der Waals surface area contributed by atoms with Gasteiger partial charge in [-0.3, -0.25) is 0 Å². The van der Waals surface area contributed by atoms with Gasteiger partial charge >= 0.3 is 0 Å². The minimum absolute atomic E-state index is 0.780. The monoisotopic (exact) mass is 301 g/mol. The maximum Gasteiger partial charge on any atom is 0.222 e. The molecule has 1 heterocycles. The van der Waals surface area contributed by atoms with E-state index in [0.717, 1.165) is 41.3 Å². The van der Waals surface area contributed by atoms with E-state index < -0.39 is 0 Å². The molecular formula is C21H19NO. The quantitative estimate of drug-likeness (QED) is 0.596. The van der Waals surface area contributed by atoms with Gasteiger partial charge in [-0.25, -0.2) is 4.98 Å². The van der Waals surface area contributed by atoms with Crippen molar-refractivity contribution in [3.8, 4) is 22.6 Å². The molecule has 0 saturated carbocycles. The summed E-state index contributed by atoms with van der Waals surface area (Å²) in [5, 5.41) is 0. The predicted octanol–water partition coefficient (Wildman–Crippen LogP) is 5.97. The summed E-state index contributed by atoms with van der Waals surface area (Å²) in [5.41, 5.74) is 4.34. The van der Waals surface area contributed by atoms with Gasteiger partial charge in [0, 0.05) is 16.7 Å². The highest BCUT2D eigenvalue weighted by Gasteiger charge is 2.19. The Hall–Kier alpha value is -2.61. The number of benzene rings is 2. The minimum atomic E-state index is 0.780. The van der Waals surface area contributed by atoms with Crippen LogP contribution in [0.25, 0.3) is 28.2 Å². The SMILES string of the molecule is C1=C(c2nc(-c3ccccc3)c(-c3ccccc3)o2)CCCC1. The number of oxazole rings is 1. The summed E-state index contributed by atoms with van der Waals surface area (Å²) < 4.78 is 6.22. The maximum atomic E-state index is 6.22. The number of nitrogens with zero attached hydrogens (tertiary/aromatic N) is 1. The summed E-state index contributed by atoms with van der Waals surface area (Å²) in [4.78, 5) is 4.85. The van der Waals surface area contributed by atoms with Crippen LogP contribution in [0.15, 0.2) is 71.2 Å². The van der Waals surface area contributed by atoms with E-state index in [1.165, 1.54) is 18.4 Å². The van der Waals surface area contributed by atoms with Crippen molar-refractivity contribution < 1.29 is 4.42 Å². The Morgan fingerprint density at radius 1 is 0.783 bits per heavy atom. The first-order chi connectivity index (χ1) is 11.4. The highest BCUT2D eigenvalue weighted by atomic mass is 16.4. The van der Waals surface area contributed by atoms with Crippen molar-refractivity contribution in [1.82, 2.24) is 4.98 Å². The zero-order chi connectivity index (χ0) is 15.5. The van der Waals surface area contributed by atoms with Gasteiger partial charge < -0.3 is 4.42 Å². The van der Waals surface area contributed by atoms with E-state index in [9.17, 15) is 0 Å². The minimum Gasteiger partial charge on any atom is -0.436 e. The molecular weight excluding hydrogens is 282 g/mol. The third-order valence-electron chi connectivity index (χ3n) is 4.28. The molecule has 2 nitrogen and oxygen atoms in total. The van der Waals surface area contributed by atoms with Crippen molar-refractivity contribution in [1.29, 1.82) is 0 Å². The lowest BCUT2D eigenvalue weighted by Crippen LogP contribution is -1.91. The first kappa shape index (κ1) is 14.0. The van der Waals surface area contributed by atoms with Crippen LogP contribution in [0.4, 0.5) is 0 Å². The molecule has 2 heteroatoms. The Morgan fingerprint density at radius 2 is 1.48 bits per heavy atom. The Kier molecular flexibility index (Phi) is 3.81. The summed E-state index contributed by atoms with van der Waals surface area (Å²) in [6.07, 6.45) is 6.94. The van der Waals surface area contributed by atoms with E-state index in [2.05, 4.69) is 30.3 Å². The maximum absolute atomic E-state index is 6.22. The third-order valence-corrected chi connectivity index (χ3v) is 4.28. The van der Waals surface area contributed by atoms with Crippen LogP contribution in [-0.2, 0) is 0 Å². The second-order valence-electron chi connectivity index (χ2n) is 5.90. The lowest BCUT2D eigenvalue weighted by atomic mass is 10.00. The molecule has 114 valence electrons. The molecule has 0 aliphatic heterocycles. The zero-order valence-corrected chi connectivity index (χ0v) is 13.0. The molecule has 0 bridgehead atoms. The average molecular weight is 301 g/mol. The lowest BCUT2D eigenvalue weighted by Gasteiger charge is -2.08. The Balaban J connectivity index is 1.86. The van der Waals surface area contributed by atoms with E-state index in [1.54, 1.807) is 0 Å². The summed E-state index contributed by atoms with van der Waals surface area (Å²) in [7, 11) is 0. The van der Waals surface area contributed by atoms with Crippen LogP contribution in [0.1, 0.15) is 31.6 Å². The topological polar surface area (TPSA) is 26.0 Å². The smallest absolute Gasteiger partial charge is 0.222 e. The standard InChI is InChI=1S/C21H19NO/c1-4-10-16(11-5-1)19-20(17-12-6-2-7-13-17)23-21(22-19)18-14-8-3-9-15-18/h1-2,4-7,10-14H,3,8-9,15H2. The molecule has 0 amide bonds. The summed E-state index contributed by atoms with van der Waals surface area (Å²) >= 11 is 0. The summed E-state index contributed by atoms with van der Waals surface area (Å²) in [5.74, 6) is 1.64. The molecule has 0 atom stereocenters. The van der Waals surface area contributed by atoms with Crippen molar-refractivity contribution in [2.24, 2.45) is 0 Å². The fraction of sp³-hybridized carbons (Fsp3) is 0.190. The van der Waals surface area contributed by atoms with Gasteiger partial charge in [-0.15, -0.1) is 0 Å². The van der Waals surface area contributed by atoms with Gasteiger partial charge in [-0.1, -0.05) is 66.7 Å². The highest BCUT2D eigenvalue weighted by Crippen LogP contribution is 2.36. The predicted molar refractivity (Wildman–Crippen MR) is 93.8 cm³/mol. The van der Waals surface area contributed by atoms with Gasteiger partial charge in [-0.05, 0) is 25.7 Å². The van der Waals surface area contributed by atoms with Gasteiger partial charge in [0.15, 0.2) is 5.76 Å². The largest absolute Gasteiger partial charge is 0.436 e. The molecule has 0 N–H and O–H groups in total. The van der Waals surface area contributed by atoms with Crippen molar-refractivity contribution in [2.75, 3.05) is 0 Å². The molecule has 1 aliphatic carbocycles. The normalized spacial score (nSPS) is 14.5. The molecule has 0 saturated heterocycles. The van der Waals surface area contributed by atoms with Gasteiger partial charge in [0.1, 0.15) is 5.69 Å². The van der Waals surface area contributed by atoms with E-state index in [0.29, 0.717) is 0 Å². The van der Waals surface area contributed by atoms with Gasteiger partial charge in [0.2, 0.25) is 5.89 Å². The molecule has 0 unspecified atom stereocenters. The fourth-order valence-corrected chi connectivity index (χ4v) is 3.07. The molecule has 0 radical (unpaired) electrons. The van der Waals surface area contributed by atoms with Crippen molar-refractivity contribution in [2.45, 2.75) is 25.7 Å². The molecule has 1 aromatic heterocycles. The van der Waals surface area contributed by atoms with Crippen LogP contribution >= 0.6 is 0 Å².